The van der Waals surface area contributed by atoms with E-state index >= 15 is 0 Å². The molecule has 0 fully saturated rings. The predicted octanol–water partition coefficient (Wildman–Crippen LogP) is 13.8. The molecule has 244 valence electrons. The lowest BCUT2D eigenvalue weighted by Gasteiger charge is -2.33. The van der Waals surface area contributed by atoms with Crippen LogP contribution in [0.15, 0.2) is 192 Å². The lowest BCUT2D eigenvalue weighted by Crippen LogP contribution is -2.28. The predicted molar refractivity (Wildman–Crippen MR) is 219 cm³/mol. The fourth-order valence-corrected chi connectivity index (χ4v) is 10.1. The Morgan fingerprint density at radius 1 is 0.442 bits per heavy atom. The number of hydrogen-bond donors (Lipinski definition) is 0. The smallest absolute Gasteiger partial charge is 0.137 e. The molecule has 2 nitrogen and oxygen atoms in total. The van der Waals surface area contributed by atoms with E-state index in [0.29, 0.717) is 0 Å². The molecule has 0 unspecified atom stereocenters. The van der Waals surface area contributed by atoms with Gasteiger partial charge in [-0.1, -0.05) is 146 Å². The molecule has 2 aromatic heterocycles. The average molecular weight is 682 g/mol. The summed E-state index contributed by atoms with van der Waals surface area (Å²) in [5.41, 5.74) is 12.5. The van der Waals surface area contributed by atoms with Gasteiger partial charge >= 0.3 is 0 Å². The molecule has 52 heavy (non-hydrogen) atoms. The van der Waals surface area contributed by atoms with E-state index in [4.69, 9.17) is 4.42 Å². The van der Waals surface area contributed by atoms with Crippen LogP contribution < -0.4 is 4.90 Å². The highest BCUT2D eigenvalue weighted by Crippen LogP contribution is 2.57. The van der Waals surface area contributed by atoms with Gasteiger partial charge < -0.3 is 9.32 Å². The van der Waals surface area contributed by atoms with Gasteiger partial charge in [-0.05, 0) is 75.8 Å². The van der Waals surface area contributed by atoms with Crippen LogP contribution in [0.4, 0.5) is 17.1 Å². The zero-order chi connectivity index (χ0) is 34.2. The summed E-state index contributed by atoms with van der Waals surface area (Å²) in [6, 6.07) is 68.4. The molecule has 0 amide bonds. The standard InChI is InChI=1S/C49H31NOS/c1-3-15-32(16-4-1)49(40-23-10-7-19-35(40)36-20-8-11-24-41(36)49)33-29-30-37-38-22-13-26-43(48(38)52-46(37)31-33)50(34-17-5-2-6-18-34)42-25-14-28-45-47(42)39-21-9-12-27-44(39)51-45/h1-31H. The van der Waals surface area contributed by atoms with E-state index in [-0.39, 0.29) is 0 Å². The van der Waals surface area contributed by atoms with Crippen molar-refractivity contribution in [1.29, 1.82) is 0 Å². The van der Waals surface area contributed by atoms with Gasteiger partial charge in [-0.25, -0.2) is 0 Å². The fourth-order valence-electron chi connectivity index (χ4n) is 8.83. The molecular weight excluding hydrogens is 651 g/mol. The second-order valence-corrected chi connectivity index (χ2v) is 14.6. The molecule has 11 rings (SSSR count). The molecule has 3 heteroatoms. The Labute approximate surface area is 305 Å². The van der Waals surface area contributed by atoms with Crippen LogP contribution in [0.1, 0.15) is 22.3 Å². The number of anilines is 3. The summed E-state index contributed by atoms with van der Waals surface area (Å²) in [6.07, 6.45) is 0. The topological polar surface area (TPSA) is 16.4 Å². The van der Waals surface area contributed by atoms with Crippen molar-refractivity contribution in [3.8, 4) is 11.1 Å². The highest BCUT2D eigenvalue weighted by Gasteiger charge is 2.46. The summed E-state index contributed by atoms with van der Waals surface area (Å²) >= 11 is 1.88. The molecule has 2 heterocycles. The normalized spacial score (nSPS) is 13.2. The number of hydrogen-bond acceptors (Lipinski definition) is 3. The Kier molecular flexibility index (Phi) is 6.37. The van der Waals surface area contributed by atoms with Crippen LogP contribution in [0.2, 0.25) is 0 Å². The molecule has 0 saturated heterocycles. The molecule has 1 aliphatic rings. The number of fused-ring (bicyclic) bond motifs is 9. The van der Waals surface area contributed by atoms with Crippen LogP contribution >= 0.6 is 11.3 Å². The number of benzene rings is 8. The van der Waals surface area contributed by atoms with Crippen molar-refractivity contribution in [2.75, 3.05) is 4.90 Å². The highest BCUT2D eigenvalue weighted by atomic mass is 32.1. The maximum absolute atomic E-state index is 6.38. The van der Waals surface area contributed by atoms with E-state index in [1.165, 1.54) is 53.6 Å². The number of furan rings is 1. The molecule has 0 N–H and O–H groups in total. The molecule has 0 aliphatic heterocycles. The van der Waals surface area contributed by atoms with Gasteiger partial charge in [0.05, 0.1) is 26.9 Å². The Bertz CT molecular complexity index is 2930. The SMILES string of the molecule is c1ccc(N(c2cccc3c2sc2cc(C4(c5ccccc5)c5ccccc5-c5ccccc54)ccc23)c2cccc3oc4ccccc4c23)cc1. The third-order valence-corrected chi connectivity index (χ3v) is 12.1. The summed E-state index contributed by atoms with van der Waals surface area (Å²) in [4.78, 5) is 2.41. The lowest BCUT2D eigenvalue weighted by molar-refractivity contribution is 0.669. The molecule has 8 aromatic carbocycles. The van der Waals surface area contributed by atoms with Crippen LogP contribution in [-0.2, 0) is 5.41 Å². The van der Waals surface area contributed by atoms with Gasteiger partial charge in [0, 0.05) is 26.5 Å². The van der Waals surface area contributed by atoms with Crippen molar-refractivity contribution in [2.24, 2.45) is 0 Å². The van der Waals surface area contributed by atoms with Gasteiger partial charge in [0.1, 0.15) is 11.2 Å². The lowest BCUT2D eigenvalue weighted by atomic mass is 9.67. The summed E-state index contributed by atoms with van der Waals surface area (Å²) in [5, 5.41) is 4.76. The summed E-state index contributed by atoms with van der Waals surface area (Å²) < 4.78 is 8.91. The van der Waals surface area contributed by atoms with Gasteiger partial charge in [0.2, 0.25) is 0 Å². The van der Waals surface area contributed by atoms with Gasteiger partial charge in [0.15, 0.2) is 0 Å². The van der Waals surface area contributed by atoms with E-state index in [1.54, 1.807) is 0 Å². The average Bonchev–Trinajstić information content (AvgIpc) is 3.88. The Balaban J connectivity index is 1.18. The minimum Gasteiger partial charge on any atom is -0.456 e. The zero-order valence-electron chi connectivity index (χ0n) is 28.2. The van der Waals surface area contributed by atoms with Gasteiger partial charge in [-0.2, -0.15) is 0 Å². The maximum Gasteiger partial charge on any atom is 0.137 e. The van der Waals surface area contributed by atoms with Crippen LogP contribution in [0.25, 0.3) is 53.2 Å². The Morgan fingerprint density at radius 2 is 1.06 bits per heavy atom. The molecule has 0 atom stereocenters. The number of para-hydroxylation sites is 2. The van der Waals surface area contributed by atoms with Gasteiger partial charge in [0.25, 0.3) is 0 Å². The number of rotatable bonds is 5. The third-order valence-electron chi connectivity index (χ3n) is 10.9. The number of nitrogens with zero attached hydrogens (tertiary/aromatic N) is 1. The van der Waals surface area contributed by atoms with Crippen molar-refractivity contribution >= 4 is 70.5 Å². The summed E-state index contributed by atoms with van der Waals surface area (Å²) in [5.74, 6) is 0. The van der Waals surface area contributed by atoms with Gasteiger partial charge in [-0.15, -0.1) is 11.3 Å². The second kappa shape index (κ2) is 11.3. The molecule has 0 spiro atoms. The molecule has 1 aliphatic carbocycles. The first-order valence-electron chi connectivity index (χ1n) is 17.8. The monoisotopic (exact) mass is 681 g/mol. The second-order valence-electron chi connectivity index (χ2n) is 13.6. The van der Waals surface area contributed by atoms with Crippen molar-refractivity contribution < 1.29 is 4.42 Å². The molecular formula is C49H31NOS. The third kappa shape index (κ3) is 4.06. The van der Waals surface area contributed by atoms with Gasteiger partial charge in [-0.3, -0.25) is 0 Å². The maximum atomic E-state index is 6.38. The first-order valence-corrected chi connectivity index (χ1v) is 18.6. The Morgan fingerprint density at radius 3 is 1.85 bits per heavy atom. The molecule has 10 aromatic rings. The van der Waals surface area contributed by atoms with Crippen LogP contribution in [0.5, 0.6) is 0 Å². The largest absolute Gasteiger partial charge is 0.456 e. The van der Waals surface area contributed by atoms with E-state index in [0.717, 1.165) is 39.0 Å². The first kappa shape index (κ1) is 29.3. The first-order chi connectivity index (χ1) is 25.8. The molecule has 0 radical (unpaired) electrons. The zero-order valence-corrected chi connectivity index (χ0v) is 29.0. The fraction of sp³-hybridized carbons (Fsp3) is 0.0204. The van der Waals surface area contributed by atoms with Crippen molar-refractivity contribution in [2.45, 2.75) is 5.41 Å². The molecule has 0 bridgehead atoms. The Hall–Kier alpha value is -6.42. The van der Waals surface area contributed by atoms with E-state index in [1.807, 2.05) is 17.4 Å². The number of thiophene rings is 1. The van der Waals surface area contributed by atoms with E-state index in [2.05, 4.69) is 187 Å². The van der Waals surface area contributed by atoms with Crippen molar-refractivity contribution in [1.82, 2.24) is 0 Å². The van der Waals surface area contributed by atoms with Crippen molar-refractivity contribution in [3.05, 3.63) is 210 Å². The van der Waals surface area contributed by atoms with E-state index in [9.17, 15) is 0 Å². The van der Waals surface area contributed by atoms with Crippen LogP contribution in [0, 0.1) is 0 Å². The van der Waals surface area contributed by atoms with Crippen molar-refractivity contribution in [3.63, 3.8) is 0 Å². The van der Waals surface area contributed by atoms with Crippen LogP contribution in [-0.4, -0.2) is 0 Å². The highest BCUT2D eigenvalue weighted by molar-refractivity contribution is 7.26. The molecule has 0 saturated carbocycles. The summed E-state index contributed by atoms with van der Waals surface area (Å²) in [7, 11) is 0. The van der Waals surface area contributed by atoms with Crippen LogP contribution in [0.3, 0.4) is 0 Å². The quantitative estimate of drug-likeness (QED) is 0.180. The van der Waals surface area contributed by atoms with E-state index < -0.39 is 5.41 Å². The minimum absolute atomic E-state index is 0.435. The summed E-state index contributed by atoms with van der Waals surface area (Å²) in [6.45, 7) is 0. The minimum atomic E-state index is -0.435.